The van der Waals surface area contributed by atoms with Crippen LogP contribution in [0.2, 0.25) is 0 Å². The van der Waals surface area contributed by atoms with Gasteiger partial charge in [0.25, 0.3) is 5.91 Å². The van der Waals surface area contributed by atoms with Gasteiger partial charge in [0.05, 0.1) is 25.4 Å². The first-order chi connectivity index (χ1) is 27.4. The highest BCUT2D eigenvalue weighted by molar-refractivity contribution is 7.91. The fourth-order valence-electron chi connectivity index (χ4n) is 7.84. The highest BCUT2D eigenvalue weighted by Crippen LogP contribution is 2.45. The number of ether oxygens (including phenoxy) is 4. The summed E-state index contributed by atoms with van der Waals surface area (Å²) in [6, 6.07) is 3.69. The first-order valence-corrected chi connectivity index (χ1v) is 20.9. The minimum atomic E-state index is -3.96. The van der Waals surface area contributed by atoms with Crippen LogP contribution in [-0.2, 0) is 43.5 Å². The van der Waals surface area contributed by atoms with Gasteiger partial charge in [0.2, 0.25) is 33.6 Å². The van der Waals surface area contributed by atoms with Crippen LogP contribution in [0, 0.1) is 5.92 Å². The maximum absolute atomic E-state index is 14.7. The second-order valence-corrected chi connectivity index (χ2v) is 18.4. The summed E-state index contributed by atoms with van der Waals surface area (Å²) in [7, 11) is -2.42. The Balaban J connectivity index is 1.16. The number of likely N-dealkylation sites (tertiary alicyclic amines) is 2. The number of sulfonamides is 1. The summed E-state index contributed by atoms with van der Waals surface area (Å²) in [6.07, 6.45) is 1.59. The van der Waals surface area contributed by atoms with E-state index in [2.05, 4.69) is 26.9 Å². The molecule has 18 nitrogen and oxygen atoms in total. The molecule has 312 valence electrons. The van der Waals surface area contributed by atoms with Gasteiger partial charge in [-0.1, -0.05) is 6.08 Å². The number of rotatable bonds is 14. The second kappa shape index (κ2) is 15.4. The lowest BCUT2D eigenvalue weighted by Crippen LogP contribution is -2.58. The minimum Gasteiger partial charge on any atom is -0.497 e. The molecule has 3 N–H and O–H groups in total. The zero-order valence-corrected chi connectivity index (χ0v) is 33.5. The molecule has 7 atom stereocenters. The number of nitrogens with zero attached hydrogens (tertiary/aromatic N) is 3. The minimum absolute atomic E-state index is 0.0784. The van der Waals surface area contributed by atoms with Crippen molar-refractivity contribution < 1.29 is 56.1 Å². The normalized spacial score (nSPS) is 26.7. The molecule has 3 saturated heterocycles. The Hall–Kier alpha value is -5.46. The van der Waals surface area contributed by atoms with Gasteiger partial charge >= 0.3 is 12.1 Å². The average molecular weight is 825 g/mol. The number of carbonyl (C=O) groups is 6. The number of methoxy groups -OCH3 is 1. The maximum atomic E-state index is 14.7. The smallest absolute Gasteiger partial charge is 0.408 e. The van der Waals surface area contributed by atoms with Crippen LogP contribution in [0.4, 0.5) is 4.79 Å². The van der Waals surface area contributed by atoms with E-state index in [-0.39, 0.29) is 44.7 Å². The summed E-state index contributed by atoms with van der Waals surface area (Å²) >= 11 is 0. The quantitative estimate of drug-likeness (QED) is 0.181. The van der Waals surface area contributed by atoms with Gasteiger partial charge in [0.1, 0.15) is 47.2 Å². The number of pyridine rings is 1. The third-order valence-electron chi connectivity index (χ3n) is 11.1. The Morgan fingerprint density at radius 1 is 1.10 bits per heavy atom. The Morgan fingerprint density at radius 2 is 1.86 bits per heavy atom. The van der Waals surface area contributed by atoms with Crippen LogP contribution in [0.15, 0.2) is 43.1 Å². The Morgan fingerprint density at radius 3 is 2.50 bits per heavy atom. The Labute approximate surface area is 335 Å². The molecule has 0 spiro atoms. The van der Waals surface area contributed by atoms with Crippen LogP contribution < -0.4 is 24.8 Å². The van der Waals surface area contributed by atoms with Gasteiger partial charge in [-0.05, 0) is 76.1 Å². The summed E-state index contributed by atoms with van der Waals surface area (Å²) in [4.78, 5) is 88.4. The first kappa shape index (κ1) is 40.7. The highest BCUT2D eigenvalue weighted by Gasteiger charge is 2.62. The van der Waals surface area contributed by atoms with Gasteiger partial charge in [-0.25, -0.2) is 23.0 Å². The molecule has 3 aliphatic heterocycles. The molecule has 2 aromatic rings. The van der Waals surface area contributed by atoms with Gasteiger partial charge < -0.3 is 39.4 Å². The number of benzene rings is 1. The van der Waals surface area contributed by atoms with Crippen LogP contribution in [0.1, 0.15) is 65.7 Å². The monoisotopic (exact) mass is 824 g/mol. The molecule has 5 fully saturated rings. The lowest BCUT2D eigenvalue weighted by Gasteiger charge is -2.31. The van der Waals surface area contributed by atoms with E-state index in [1.807, 2.05) is 0 Å². The van der Waals surface area contributed by atoms with E-state index in [9.17, 15) is 37.2 Å². The predicted molar refractivity (Wildman–Crippen MR) is 204 cm³/mol. The van der Waals surface area contributed by atoms with Crippen molar-refractivity contribution in [1.29, 1.82) is 0 Å². The average Bonchev–Trinajstić information content (AvgIpc) is 4.02. The van der Waals surface area contributed by atoms with Crippen LogP contribution in [0.25, 0.3) is 10.8 Å². The topological polar surface area (TPSA) is 229 Å². The van der Waals surface area contributed by atoms with E-state index in [1.165, 1.54) is 15.9 Å². The Kier molecular flexibility index (Phi) is 10.8. The second-order valence-electron chi connectivity index (χ2n) is 16.5. The molecule has 2 bridgehead atoms. The number of hydrogen-bond donors (Lipinski definition) is 3. The molecule has 5 amide bonds. The molecular weight excluding hydrogens is 777 g/mol. The van der Waals surface area contributed by atoms with Gasteiger partial charge in [0, 0.05) is 36.8 Å². The SMILES string of the molecule is C=C[C@@H]1C[C@]1(NC(=O)[C@@H]1CC(Oc2nccc3cc(OC)ccc23)CN1C(=O)[C@H](CCC(=O)N1C[C@H]2CC1C(=O)O2)NC(=O)OC(C)(C)C)C(=O)NS(=O)(=O)C1CC1. The summed E-state index contributed by atoms with van der Waals surface area (Å²) in [5.41, 5.74) is -2.58. The van der Waals surface area contributed by atoms with Crippen molar-refractivity contribution in [1.82, 2.24) is 30.1 Å². The third kappa shape index (κ3) is 8.40. The number of aromatic nitrogens is 1. The van der Waals surface area contributed by atoms with Crippen LogP contribution in [-0.4, -0.2) is 126 Å². The lowest BCUT2D eigenvalue weighted by atomic mass is 10.1. The van der Waals surface area contributed by atoms with Gasteiger partial charge in [-0.2, -0.15) is 0 Å². The molecule has 2 unspecified atom stereocenters. The number of fused-ring (bicyclic) bond motifs is 3. The molecule has 5 aliphatic rings. The number of nitrogens with one attached hydrogen (secondary N) is 3. The van der Waals surface area contributed by atoms with Crippen molar-refractivity contribution in [3.05, 3.63) is 43.1 Å². The van der Waals surface area contributed by atoms with Crippen molar-refractivity contribution in [2.75, 3.05) is 20.2 Å². The van der Waals surface area contributed by atoms with Crippen LogP contribution >= 0.6 is 0 Å². The van der Waals surface area contributed by atoms with Gasteiger partial charge in [0.15, 0.2) is 0 Å². The molecule has 58 heavy (non-hydrogen) atoms. The van der Waals surface area contributed by atoms with E-state index in [4.69, 9.17) is 18.9 Å². The largest absolute Gasteiger partial charge is 0.497 e. The van der Waals surface area contributed by atoms with Gasteiger partial charge in [-0.15, -0.1) is 6.58 Å². The van der Waals surface area contributed by atoms with Crippen molar-refractivity contribution >= 4 is 56.5 Å². The number of esters is 1. The van der Waals surface area contributed by atoms with E-state index in [1.54, 1.807) is 58.3 Å². The molecule has 1 aromatic carbocycles. The number of hydrogen-bond acceptors (Lipinski definition) is 13. The van der Waals surface area contributed by atoms with E-state index >= 15 is 0 Å². The summed E-state index contributed by atoms with van der Waals surface area (Å²) in [5, 5.41) is 6.02. The molecular formula is C39H48N6O12S. The molecule has 1 aromatic heterocycles. The Bertz CT molecular complexity index is 2150. The first-order valence-electron chi connectivity index (χ1n) is 19.3. The zero-order valence-electron chi connectivity index (χ0n) is 32.7. The van der Waals surface area contributed by atoms with E-state index in [0.717, 1.165) is 5.39 Å². The fraction of sp³-hybridized carbons (Fsp3) is 0.564. The highest BCUT2D eigenvalue weighted by atomic mass is 32.2. The van der Waals surface area contributed by atoms with Crippen molar-refractivity contribution in [2.24, 2.45) is 5.92 Å². The number of amides is 5. The molecule has 7 rings (SSSR count). The van der Waals surface area contributed by atoms with Crippen molar-refractivity contribution in [3.8, 4) is 11.6 Å². The summed E-state index contributed by atoms with van der Waals surface area (Å²) in [5.74, 6) is -3.08. The number of alkyl carbamates (subject to hydrolysis) is 1. The van der Waals surface area contributed by atoms with Gasteiger partial charge in [-0.3, -0.25) is 23.9 Å². The third-order valence-corrected chi connectivity index (χ3v) is 12.9. The number of carbonyl (C=O) groups excluding carboxylic acids is 6. The van der Waals surface area contributed by atoms with Crippen molar-refractivity contribution in [2.45, 2.75) is 112 Å². The lowest BCUT2D eigenvalue weighted by molar-refractivity contribution is -0.157. The molecule has 2 saturated carbocycles. The molecule has 0 radical (unpaired) electrons. The standard InChI is InChI=1S/C39H48N6O12S/c1-6-22-18-39(22,36(50)43-58(52,53)26-8-9-26)42-32(47)29-16-24(55-33-27-10-7-23(54-5)15-21(27)13-14-40-33)20-45(29)34(48)28(41-37(51)57-38(2,3)4)11-12-31(46)44-19-25-17-30(44)35(49)56-25/h6-7,10,13-15,22,24-26,28-30H,1,8-9,11-12,16-20H2,2-5H3,(H,41,51)(H,42,47)(H,43,50)/t22-,24?,25-,28+,29+,30?,39-/m1/s1. The van der Waals surface area contributed by atoms with E-state index in [0.29, 0.717) is 30.4 Å². The molecule has 19 heteroatoms. The summed E-state index contributed by atoms with van der Waals surface area (Å²) < 4.78 is 50.0. The predicted octanol–water partition coefficient (Wildman–Crippen LogP) is 1.46. The maximum Gasteiger partial charge on any atom is 0.408 e. The van der Waals surface area contributed by atoms with E-state index < -0.39 is 98.4 Å². The van der Waals surface area contributed by atoms with Crippen LogP contribution in [0.5, 0.6) is 11.6 Å². The fourth-order valence-corrected chi connectivity index (χ4v) is 9.21. The number of morpholine rings is 1. The molecule has 2 aliphatic carbocycles. The summed E-state index contributed by atoms with van der Waals surface area (Å²) in [6.45, 7) is 8.73. The molecule has 4 heterocycles. The van der Waals surface area contributed by atoms with Crippen molar-refractivity contribution in [3.63, 3.8) is 0 Å². The zero-order chi connectivity index (χ0) is 41.7. The van der Waals surface area contributed by atoms with Crippen LogP contribution in [0.3, 0.4) is 0 Å².